The van der Waals surface area contributed by atoms with E-state index < -0.39 is 0 Å². The molecule has 354 valence electrons. The van der Waals surface area contributed by atoms with Crippen molar-refractivity contribution in [3.05, 3.63) is 271 Å². The number of rotatable bonds is 7. The molecule has 5 heteroatoms. The van der Waals surface area contributed by atoms with E-state index in [0.717, 1.165) is 67.4 Å². The lowest BCUT2D eigenvalue weighted by molar-refractivity contribution is 0.632. The third-order valence-corrected chi connectivity index (χ3v) is 15.9. The zero-order valence-electron chi connectivity index (χ0n) is 41.9. The van der Waals surface area contributed by atoms with Crippen molar-refractivity contribution < 1.29 is 0 Å². The van der Waals surface area contributed by atoms with E-state index >= 15 is 0 Å². The first-order valence-electron chi connectivity index (χ1n) is 25.7. The Bertz CT molecular complexity index is 3860. The van der Waals surface area contributed by atoms with Crippen LogP contribution in [-0.4, -0.2) is 14.3 Å². The molecule has 2 aromatic heterocycles. The van der Waals surface area contributed by atoms with Gasteiger partial charge in [0.1, 0.15) is 5.69 Å². The average Bonchev–Trinajstić information content (AvgIpc) is 4.03. The standard InChI is InChI=1S/C69H53N5/c1-68(2)55-28-14-18-32-61(55)72(62-33-19-15-29-56(62)68)51-40-42-59-53(44-51)54-45-52(73-63-34-20-16-30-57(63)69(3,4)58-31-17-21-35-64(58)73)41-43-60(54)71(59)49-38-36-46(37-39-49)65-66(47-22-8-5-9-23-47)70-74(50-26-12-7-13-27-50)67(65)48-24-10-6-11-25-48/h5-45H,1-4H3. The molecule has 14 rings (SSSR count). The Balaban J connectivity index is 0.990. The number of aromatic nitrogens is 3. The number of anilines is 6. The highest BCUT2D eigenvalue weighted by Gasteiger charge is 2.38. The number of fused-ring (bicyclic) bond motifs is 7. The van der Waals surface area contributed by atoms with Crippen molar-refractivity contribution >= 4 is 55.9 Å². The van der Waals surface area contributed by atoms with Gasteiger partial charge in [-0.05, 0) is 113 Å². The first-order chi connectivity index (χ1) is 36.3. The predicted molar refractivity (Wildman–Crippen MR) is 308 cm³/mol. The Hall–Kier alpha value is -9.19. The van der Waals surface area contributed by atoms with E-state index in [9.17, 15) is 0 Å². The number of hydrogen-bond acceptors (Lipinski definition) is 3. The Morgan fingerprint density at radius 2 is 0.703 bits per heavy atom. The summed E-state index contributed by atoms with van der Waals surface area (Å²) < 4.78 is 4.57. The van der Waals surface area contributed by atoms with Crippen LogP contribution in [0, 0.1) is 0 Å². The smallest absolute Gasteiger partial charge is 0.101 e. The van der Waals surface area contributed by atoms with Crippen LogP contribution < -0.4 is 9.80 Å². The molecule has 0 saturated heterocycles. The summed E-state index contributed by atoms with van der Waals surface area (Å²) in [4.78, 5) is 4.95. The number of hydrogen-bond donors (Lipinski definition) is 0. The van der Waals surface area contributed by atoms with Gasteiger partial charge in [-0.1, -0.05) is 191 Å². The second kappa shape index (κ2) is 16.7. The van der Waals surface area contributed by atoms with Crippen LogP contribution in [0.2, 0.25) is 0 Å². The molecule has 2 aliphatic rings. The van der Waals surface area contributed by atoms with Gasteiger partial charge in [0.15, 0.2) is 0 Å². The Morgan fingerprint density at radius 1 is 0.324 bits per heavy atom. The molecule has 0 fully saturated rings. The van der Waals surface area contributed by atoms with Crippen molar-refractivity contribution in [2.75, 3.05) is 9.80 Å². The lowest BCUT2D eigenvalue weighted by atomic mass is 9.73. The third kappa shape index (κ3) is 6.59. The van der Waals surface area contributed by atoms with Gasteiger partial charge in [0.25, 0.3) is 0 Å². The fraction of sp³-hybridized carbons (Fsp3) is 0.0870. The van der Waals surface area contributed by atoms with Crippen molar-refractivity contribution in [3.8, 4) is 45.0 Å². The molecule has 0 amide bonds. The topological polar surface area (TPSA) is 29.2 Å². The van der Waals surface area contributed by atoms with E-state index in [0.29, 0.717) is 0 Å². The largest absolute Gasteiger partial charge is 0.310 e. The molecule has 0 bridgehead atoms. The first-order valence-corrected chi connectivity index (χ1v) is 25.7. The van der Waals surface area contributed by atoms with E-state index in [4.69, 9.17) is 5.10 Å². The minimum absolute atomic E-state index is 0.162. The monoisotopic (exact) mass is 951 g/mol. The summed E-state index contributed by atoms with van der Waals surface area (Å²) in [7, 11) is 0. The zero-order valence-corrected chi connectivity index (χ0v) is 41.9. The van der Waals surface area contributed by atoms with Crippen molar-refractivity contribution in [1.82, 2.24) is 14.3 Å². The molecule has 74 heavy (non-hydrogen) atoms. The lowest BCUT2D eigenvalue weighted by Crippen LogP contribution is -2.30. The molecule has 4 heterocycles. The maximum Gasteiger partial charge on any atom is 0.101 e. The van der Waals surface area contributed by atoms with E-state index in [1.807, 2.05) is 0 Å². The molecule has 0 saturated carbocycles. The van der Waals surface area contributed by atoms with Gasteiger partial charge in [0.05, 0.1) is 45.2 Å². The van der Waals surface area contributed by atoms with Crippen LogP contribution in [0.25, 0.3) is 66.8 Å². The Kier molecular flexibility index (Phi) is 9.83. The molecule has 0 spiro atoms. The summed E-state index contributed by atoms with van der Waals surface area (Å²) in [5.74, 6) is 0. The second-order valence-electron chi connectivity index (χ2n) is 20.8. The molecule has 0 unspecified atom stereocenters. The van der Waals surface area contributed by atoms with Crippen molar-refractivity contribution in [3.63, 3.8) is 0 Å². The van der Waals surface area contributed by atoms with Gasteiger partial charge in [0, 0.05) is 55.4 Å². The summed E-state index contributed by atoms with van der Waals surface area (Å²) in [6.45, 7) is 9.40. The fourth-order valence-electron chi connectivity index (χ4n) is 12.3. The summed E-state index contributed by atoms with van der Waals surface area (Å²) >= 11 is 0. The minimum Gasteiger partial charge on any atom is -0.310 e. The van der Waals surface area contributed by atoms with E-state index in [1.165, 1.54) is 55.8 Å². The van der Waals surface area contributed by atoms with Crippen LogP contribution in [0.4, 0.5) is 34.1 Å². The molecule has 0 radical (unpaired) electrons. The summed E-state index contributed by atoms with van der Waals surface area (Å²) in [5.41, 5.74) is 22.7. The highest BCUT2D eigenvalue weighted by Crippen LogP contribution is 2.55. The van der Waals surface area contributed by atoms with Crippen LogP contribution in [0.5, 0.6) is 0 Å². The van der Waals surface area contributed by atoms with Crippen molar-refractivity contribution in [2.45, 2.75) is 38.5 Å². The average molecular weight is 952 g/mol. The van der Waals surface area contributed by atoms with Crippen LogP contribution in [0.3, 0.4) is 0 Å². The van der Waals surface area contributed by atoms with Gasteiger partial charge >= 0.3 is 0 Å². The maximum absolute atomic E-state index is 5.43. The normalized spacial score (nSPS) is 14.1. The zero-order chi connectivity index (χ0) is 49.7. The lowest BCUT2D eigenvalue weighted by Gasteiger charge is -2.42. The van der Waals surface area contributed by atoms with Gasteiger partial charge in [0.2, 0.25) is 0 Å². The molecule has 0 atom stereocenters. The Labute approximate surface area is 432 Å². The van der Waals surface area contributed by atoms with Gasteiger partial charge in [-0.25, -0.2) is 4.68 Å². The fourth-order valence-corrected chi connectivity index (χ4v) is 12.3. The summed E-state index contributed by atoms with van der Waals surface area (Å²) in [6, 6.07) is 90.7. The molecule has 5 nitrogen and oxygen atoms in total. The van der Waals surface area contributed by atoms with Crippen LogP contribution in [0.15, 0.2) is 249 Å². The summed E-state index contributed by atoms with van der Waals surface area (Å²) in [5, 5.41) is 7.80. The molecule has 10 aromatic carbocycles. The van der Waals surface area contributed by atoms with Gasteiger partial charge in [-0.3, -0.25) is 0 Å². The number of para-hydroxylation sites is 5. The third-order valence-electron chi connectivity index (χ3n) is 15.9. The predicted octanol–water partition coefficient (Wildman–Crippen LogP) is 18.2. The molecular weight excluding hydrogens is 899 g/mol. The van der Waals surface area contributed by atoms with Crippen molar-refractivity contribution in [2.24, 2.45) is 0 Å². The maximum atomic E-state index is 5.43. The highest BCUT2D eigenvalue weighted by atomic mass is 15.3. The first kappa shape index (κ1) is 43.6. The molecule has 0 N–H and O–H groups in total. The Morgan fingerprint density at radius 3 is 1.15 bits per heavy atom. The second-order valence-corrected chi connectivity index (χ2v) is 20.8. The molecular formula is C69H53N5. The molecule has 0 aliphatic carbocycles. The van der Waals surface area contributed by atoms with E-state index in [-0.39, 0.29) is 10.8 Å². The van der Waals surface area contributed by atoms with Crippen LogP contribution >= 0.6 is 0 Å². The van der Waals surface area contributed by atoms with Gasteiger partial charge in [-0.2, -0.15) is 5.10 Å². The van der Waals surface area contributed by atoms with Gasteiger partial charge < -0.3 is 14.4 Å². The minimum atomic E-state index is -0.162. The quantitative estimate of drug-likeness (QED) is 0.159. The van der Waals surface area contributed by atoms with Crippen LogP contribution in [-0.2, 0) is 10.8 Å². The van der Waals surface area contributed by atoms with E-state index in [1.54, 1.807) is 0 Å². The van der Waals surface area contributed by atoms with Crippen molar-refractivity contribution in [1.29, 1.82) is 0 Å². The number of nitrogens with zero attached hydrogens (tertiary/aromatic N) is 5. The highest BCUT2D eigenvalue weighted by molar-refractivity contribution is 6.12. The van der Waals surface area contributed by atoms with Gasteiger partial charge in [-0.15, -0.1) is 0 Å². The van der Waals surface area contributed by atoms with Crippen LogP contribution in [0.1, 0.15) is 49.9 Å². The number of benzene rings is 10. The molecule has 12 aromatic rings. The molecule has 2 aliphatic heterocycles. The van der Waals surface area contributed by atoms with E-state index in [2.05, 4.69) is 295 Å². The summed E-state index contributed by atoms with van der Waals surface area (Å²) in [6.07, 6.45) is 0. The SMILES string of the molecule is CC1(C)c2ccccc2N(c2ccc3c(c2)c2cc(N4c5ccccc5C(C)(C)c5ccccc54)ccc2n3-c2ccc(-c3c(-c4ccccc4)nn(-c4ccccc4)c3-c3ccccc3)cc2)c2ccccc21.